The molecular weight excluding hydrogens is 596 g/mol. The van der Waals surface area contributed by atoms with Gasteiger partial charge in [-0.05, 0) is 75.2 Å². The summed E-state index contributed by atoms with van der Waals surface area (Å²) in [7, 11) is 3.52. The van der Waals surface area contributed by atoms with Gasteiger partial charge in [-0.1, -0.05) is 29.8 Å². The molecule has 0 aliphatic heterocycles. The molecule has 0 fully saturated rings. The number of hydrogen-bond acceptors (Lipinski definition) is 7. The first-order chi connectivity index (χ1) is 20.9. The van der Waals surface area contributed by atoms with Crippen molar-refractivity contribution in [3.63, 3.8) is 0 Å². The standard InChI is InChI=1S/C34H31ClN4O4S/c1-18-13-25-31(29(19-7-10-22(35)11-8-19)28(18)30(33(40)41)43-34(2,3)4)44-32(38-25)23-15-24(36-17-27(23)42-6)20-9-12-26-21(14-20)16-37-39(26)5/h7-17,30H,1-6H3,(H,40,41). The average Bonchev–Trinajstić information content (AvgIpc) is 3.58. The Labute approximate surface area is 263 Å². The molecule has 0 saturated heterocycles. The van der Waals surface area contributed by atoms with Crippen molar-refractivity contribution in [3.05, 3.63) is 83.1 Å². The van der Waals surface area contributed by atoms with Crippen molar-refractivity contribution < 1.29 is 19.4 Å². The van der Waals surface area contributed by atoms with Gasteiger partial charge < -0.3 is 14.6 Å². The Morgan fingerprint density at radius 2 is 1.77 bits per heavy atom. The molecule has 10 heteroatoms. The number of aromatic nitrogens is 4. The molecule has 3 heterocycles. The molecule has 0 aliphatic rings. The molecule has 0 bridgehead atoms. The molecule has 1 unspecified atom stereocenters. The van der Waals surface area contributed by atoms with Crippen LogP contribution < -0.4 is 4.74 Å². The molecule has 0 amide bonds. The molecule has 6 rings (SSSR count). The highest BCUT2D eigenvalue weighted by Crippen LogP contribution is 2.46. The number of methoxy groups -OCH3 is 1. The summed E-state index contributed by atoms with van der Waals surface area (Å²) in [5.74, 6) is -0.479. The summed E-state index contributed by atoms with van der Waals surface area (Å²) in [4.78, 5) is 22.4. The Morgan fingerprint density at radius 1 is 1.05 bits per heavy atom. The average molecular weight is 627 g/mol. The van der Waals surface area contributed by atoms with E-state index in [1.165, 1.54) is 11.3 Å². The molecule has 44 heavy (non-hydrogen) atoms. The van der Waals surface area contributed by atoms with Crippen molar-refractivity contribution in [2.24, 2.45) is 7.05 Å². The van der Waals surface area contributed by atoms with E-state index in [0.29, 0.717) is 16.3 Å². The number of hydrogen-bond donors (Lipinski definition) is 1. The summed E-state index contributed by atoms with van der Waals surface area (Å²) in [5.41, 5.74) is 6.51. The third kappa shape index (κ3) is 5.54. The van der Waals surface area contributed by atoms with E-state index in [2.05, 4.69) is 16.1 Å². The van der Waals surface area contributed by atoms with E-state index in [9.17, 15) is 9.90 Å². The van der Waals surface area contributed by atoms with Gasteiger partial charge in [-0.2, -0.15) is 5.10 Å². The van der Waals surface area contributed by atoms with Crippen LogP contribution in [-0.4, -0.2) is 43.5 Å². The van der Waals surface area contributed by atoms with Crippen LogP contribution in [0, 0.1) is 6.92 Å². The molecule has 3 aromatic carbocycles. The first-order valence-electron chi connectivity index (χ1n) is 14.0. The highest BCUT2D eigenvalue weighted by molar-refractivity contribution is 7.22. The molecular formula is C34H31ClN4O4S. The number of carboxylic acid groups (broad SMARTS) is 1. The van der Waals surface area contributed by atoms with E-state index in [1.807, 2.05) is 82.0 Å². The van der Waals surface area contributed by atoms with Crippen molar-refractivity contribution >= 4 is 50.0 Å². The number of fused-ring (bicyclic) bond motifs is 2. The van der Waals surface area contributed by atoms with Gasteiger partial charge in [0.25, 0.3) is 0 Å². The number of aryl methyl sites for hydroxylation is 2. The topological polar surface area (TPSA) is 99.4 Å². The monoisotopic (exact) mass is 626 g/mol. The predicted molar refractivity (Wildman–Crippen MR) is 176 cm³/mol. The van der Waals surface area contributed by atoms with Crippen LogP contribution >= 0.6 is 22.9 Å². The first-order valence-corrected chi connectivity index (χ1v) is 15.2. The lowest BCUT2D eigenvalue weighted by atomic mass is 9.91. The third-order valence-corrected chi connectivity index (χ3v) is 8.75. The third-order valence-electron chi connectivity index (χ3n) is 7.38. The summed E-state index contributed by atoms with van der Waals surface area (Å²) in [5, 5.41) is 17.1. The predicted octanol–water partition coefficient (Wildman–Crippen LogP) is 8.49. The van der Waals surface area contributed by atoms with Crippen LogP contribution in [0.3, 0.4) is 0 Å². The van der Waals surface area contributed by atoms with Crippen molar-refractivity contribution in [1.82, 2.24) is 19.7 Å². The number of rotatable bonds is 7. The van der Waals surface area contributed by atoms with Crippen LogP contribution in [0.1, 0.15) is 38.0 Å². The minimum Gasteiger partial charge on any atom is -0.494 e. The van der Waals surface area contributed by atoms with Crippen LogP contribution in [-0.2, 0) is 16.6 Å². The van der Waals surface area contributed by atoms with E-state index in [4.69, 9.17) is 26.1 Å². The van der Waals surface area contributed by atoms with Gasteiger partial charge in [0.1, 0.15) is 10.8 Å². The number of thiazole rings is 1. The molecule has 1 N–H and O–H groups in total. The number of carboxylic acids is 1. The Hall–Kier alpha value is -4.31. The Bertz CT molecular complexity index is 2040. The number of ether oxygens (including phenoxy) is 2. The van der Waals surface area contributed by atoms with E-state index < -0.39 is 17.7 Å². The van der Waals surface area contributed by atoms with Crippen LogP contribution in [0.2, 0.25) is 5.02 Å². The molecule has 6 aromatic rings. The van der Waals surface area contributed by atoms with Crippen LogP contribution in [0.5, 0.6) is 5.75 Å². The quantitative estimate of drug-likeness (QED) is 0.190. The van der Waals surface area contributed by atoms with Gasteiger partial charge in [-0.3, -0.25) is 9.67 Å². The maximum Gasteiger partial charge on any atom is 0.337 e. The summed E-state index contributed by atoms with van der Waals surface area (Å²) < 4.78 is 14.6. The fourth-order valence-corrected chi connectivity index (χ4v) is 6.68. The number of pyridine rings is 1. The maximum absolute atomic E-state index is 12.7. The van der Waals surface area contributed by atoms with Crippen molar-refractivity contribution in [2.45, 2.75) is 39.4 Å². The second-order valence-electron chi connectivity index (χ2n) is 11.6. The van der Waals surface area contributed by atoms with Crippen LogP contribution in [0.4, 0.5) is 0 Å². The minimum atomic E-state index is -1.19. The Morgan fingerprint density at radius 3 is 2.45 bits per heavy atom. The normalized spacial score (nSPS) is 12.6. The lowest BCUT2D eigenvalue weighted by molar-refractivity contribution is -0.160. The Kier molecular flexibility index (Phi) is 7.65. The van der Waals surface area contributed by atoms with Gasteiger partial charge in [0, 0.05) is 34.1 Å². The van der Waals surface area contributed by atoms with Gasteiger partial charge >= 0.3 is 5.97 Å². The first kappa shape index (κ1) is 29.7. The fraction of sp³-hybridized carbons (Fsp3) is 0.235. The van der Waals surface area contributed by atoms with Gasteiger partial charge in [0.05, 0.1) is 52.1 Å². The molecule has 3 aromatic heterocycles. The highest BCUT2D eigenvalue weighted by atomic mass is 35.5. The zero-order valence-electron chi connectivity index (χ0n) is 25.2. The maximum atomic E-state index is 12.7. The SMILES string of the molecule is COc1cnc(-c2ccc3c(cnn3C)c2)cc1-c1nc2cc(C)c(C(OC(C)(C)C)C(=O)O)c(-c3ccc(Cl)cc3)c2s1. The molecule has 1 atom stereocenters. The molecule has 224 valence electrons. The summed E-state index contributed by atoms with van der Waals surface area (Å²) in [6.07, 6.45) is 2.35. The molecule has 0 radical (unpaired) electrons. The van der Waals surface area contributed by atoms with E-state index in [-0.39, 0.29) is 0 Å². The van der Waals surface area contributed by atoms with E-state index in [1.54, 1.807) is 25.4 Å². The molecule has 8 nitrogen and oxygen atoms in total. The van der Waals surface area contributed by atoms with E-state index in [0.717, 1.165) is 59.6 Å². The lowest BCUT2D eigenvalue weighted by Crippen LogP contribution is -2.28. The summed E-state index contributed by atoms with van der Waals surface area (Å²) in [6.45, 7) is 7.45. The van der Waals surface area contributed by atoms with Gasteiger partial charge in [-0.15, -0.1) is 11.3 Å². The lowest BCUT2D eigenvalue weighted by Gasteiger charge is -2.28. The van der Waals surface area contributed by atoms with Crippen molar-refractivity contribution in [3.8, 4) is 38.7 Å². The second-order valence-corrected chi connectivity index (χ2v) is 13.1. The molecule has 0 saturated carbocycles. The van der Waals surface area contributed by atoms with Crippen LogP contribution in [0.25, 0.3) is 54.1 Å². The molecule has 0 aliphatic carbocycles. The van der Waals surface area contributed by atoms with Gasteiger partial charge in [0.15, 0.2) is 6.10 Å². The summed E-state index contributed by atoms with van der Waals surface area (Å²) in [6, 6.07) is 17.4. The zero-order valence-corrected chi connectivity index (χ0v) is 26.7. The largest absolute Gasteiger partial charge is 0.494 e. The number of carbonyl (C=O) groups is 1. The number of halogens is 1. The number of nitrogens with zero attached hydrogens (tertiary/aromatic N) is 4. The fourth-order valence-electron chi connectivity index (χ4n) is 5.41. The summed E-state index contributed by atoms with van der Waals surface area (Å²) >= 11 is 7.72. The number of aliphatic carboxylic acids is 1. The zero-order chi connectivity index (χ0) is 31.3. The van der Waals surface area contributed by atoms with Crippen LogP contribution in [0.15, 0.2) is 67.0 Å². The van der Waals surface area contributed by atoms with E-state index >= 15 is 0 Å². The highest BCUT2D eigenvalue weighted by Gasteiger charge is 2.32. The van der Waals surface area contributed by atoms with Gasteiger partial charge in [-0.25, -0.2) is 9.78 Å². The smallest absolute Gasteiger partial charge is 0.337 e. The minimum absolute atomic E-state index is 0.583. The molecule has 0 spiro atoms. The number of benzene rings is 3. The van der Waals surface area contributed by atoms with Crippen molar-refractivity contribution in [1.29, 1.82) is 0 Å². The van der Waals surface area contributed by atoms with Crippen molar-refractivity contribution in [2.75, 3.05) is 7.11 Å². The van der Waals surface area contributed by atoms with Gasteiger partial charge in [0.2, 0.25) is 0 Å². The Balaban J connectivity index is 1.57. The second kappa shape index (κ2) is 11.3.